The monoisotopic (exact) mass is 177 g/mol. The van der Waals surface area contributed by atoms with E-state index in [0.717, 1.165) is 0 Å². The van der Waals surface area contributed by atoms with Gasteiger partial charge in [0.25, 0.3) is 0 Å². The molecule has 0 unspecified atom stereocenters. The lowest BCUT2D eigenvalue weighted by Crippen LogP contribution is -2.14. The van der Waals surface area contributed by atoms with Crippen molar-refractivity contribution in [1.82, 2.24) is 4.57 Å². The second kappa shape index (κ2) is 3.59. The number of carbonyl (C=O) groups is 1. The summed E-state index contributed by atoms with van der Waals surface area (Å²) in [5.41, 5.74) is 0.352. The first-order valence-corrected chi connectivity index (χ1v) is 3.51. The third-order valence-corrected chi connectivity index (χ3v) is 1.40. The van der Waals surface area contributed by atoms with Crippen LogP contribution < -0.4 is 5.56 Å². The Balaban J connectivity index is 3.07. The molecule has 0 atom stereocenters. The topological polar surface area (TPSA) is 59.3 Å². The van der Waals surface area contributed by atoms with Gasteiger partial charge in [0.2, 0.25) is 5.56 Å². The summed E-state index contributed by atoms with van der Waals surface area (Å²) in [4.78, 5) is 21.0. The average molecular weight is 177 g/mol. The fraction of sp³-hybridized carbons (Fsp3) is 0.111. The quantitative estimate of drug-likeness (QED) is 0.559. The maximum absolute atomic E-state index is 10.9. The van der Waals surface area contributed by atoms with Crippen LogP contribution >= 0.6 is 0 Å². The molecule has 4 heteroatoms. The van der Waals surface area contributed by atoms with Crippen molar-refractivity contribution in [3.8, 4) is 11.8 Å². The first kappa shape index (κ1) is 9.07. The maximum atomic E-state index is 10.9. The Labute approximate surface area is 74.4 Å². The van der Waals surface area contributed by atoms with E-state index in [2.05, 4.69) is 5.92 Å². The number of aromatic nitrogens is 1. The second-order valence-electron chi connectivity index (χ2n) is 2.42. The van der Waals surface area contributed by atoms with Crippen molar-refractivity contribution in [1.29, 1.82) is 0 Å². The first-order chi connectivity index (χ1) is 6.09. The van der Waals surface area contributed by atoms with Crippen molar-refractivity contribution in [3.05, 3.63) is 34.2 Å². The number of hydrogen-bond acceptors (Lipinski definition) is 2. The molecule has 1 N–H and O–H groups in total. The third-order valence-electron chi connectivity index (χ3n) is 1.40. The molecular weight excluding hydrogens is 170 g/mol. The standard InChI is InChI=1S/C9H7NO3/c1-10-6-7(2-4-8(10)11)3-5-9(12)13/h2,4,6H,1H3,(H,12,13). The van der Waals surface area contributed by atoms with E-state index in [1.807, 2.05) is 5.92 Å². The zero-order valence-electron chi connectivity index (χ0n) is 6.94. The molecule has 13 heavy (non-hydrogen) atoms. The molecule has 0 aromatic carbocycles. The van der Waals surface area contributed by atoms with Crippen LogP contribution in [-0.4, -0.2) is 15.6 Å². The van der Waals surface area contributed by atoms with E-state index in [1.54, 1.807) is 7.05 Å². The minimum atomic E-state index is -1.19. The van der Waals surface area contributed by atoms with E-state index >= 15 is 0 Å². The van der Waals surface area contributed by atoms with Crippen LogP contribution in [0.3, 0.4) is 0 Å². The zero-order valence-corrected chi connectivity index (χ0v) is 6.94. The highest BCUT2D eigenvalue weighted by atomic mass is 16.4. The molecule has 0 aliphatic heterocycles. The van der Waals surface area contributed by atoms with Crippen LogP contribution in [0.2, 0.25) is 0 Å². The summed E-state index contributed by atoms with van der Waals surface area (Å²) in [5.74, 6) is 3.18. The summed E-state index contributed by atoms with van der Waals surface area (Å²) in [5, 5.41) is 8.26. The fourth-order valence-electron chi connectivity index (χ4n) is 0.793. The van der Waals surface area contributed by atoms with Gasteiger partial charge in [0.15, 0.2) is 0 Å². The Kier molecular flexibility index (Phi) is 2.50. The van der Waals surface area contributed by atoms with Crippen molar-refractivity contribution in [3.63, 3.8) is 0 Å². The molecule has 0 aliphatic carbocycles. The van der Waals surface area contributed by atoms with Crippen LogP contribution in [0.1, 0.15) is 5.56 Å². The molecular formula is C9H7NO3. The first-order valence-electron chi connectivity index (χ1n) is 3.51. The van der Waals surface area contributed by atoms with Gasteiger partial charge in [0.1, 0.15) is 0 Å². The van der Waals surface area contributed by atoms with Crippen LogP contribution in [0.15, 0.2) is 23.1 Å². The van der Waals surface area contributed by atoms with Gasteiger partial charge in [-0.25, -0.2) is 4.79 Å². The number of aryl methyl sites for hydroxylation is 1. The van der Waals surface area contributed by atoms with Crippen molar-refractivity contribution in [2.24, 2.45) is 7.05 Å². The lowest BCUT2D eigenvalue weighted by molar-refractivity contribution is -0.130. The Morgan fingerprint density at radius 1 is 1.54 bits per heavy atom. The maximum Gasteiger partial charge on any atom is 0.382 e. The lowest BCUT2D eigenvalue weighted by atomic mass is 10.3. The Morgan fingerprint density at radius 3 is 2.77 bits per heavy atom. The summed E-state index contributed by atoms with van der Waals surface area (Å²) < 4.78 is 1.34. The smallest absolute Gasteiger partial charge is 0.382 e. The molecule has 0 fully saturated rings. The van der Waals surface area contributed by atoms with Gasteiger partial charge in [0.05, 0.1) is 0 Å². The number of rotatable bonds is 0. The molecule has 1 aromatic heterocycles. The molecule has 1 heterocycles. The number of carboxylic acids is 1. The molecule has 0 radical (unpaired) electrons. The minimum Gasteiger partial charge on any atom is -0.472 e. The second-order valence-corrected chi connectivity index (χ2v) is 2.42. The molecule has 1 rings (SSSR count). The molecule has 0 aliphatic rings. The van der Waals surface area contributed by atoms with Crippen molar-refractivity contribution in [2.75, 3.05) is 0 Å². The van der Waals surface area contributed by atoms with E-state index in [1.165, 1.54) is 22.9 Å². The van der Waals surface area contributed by atoms with Gasteiger partial charge in [-0.2, -0.15) is 0 Å². The number of nitrogens with zero attached hydrogens (tertiary/aromatic N) is 1. The number of pyridine rings is 1. The fourth-order valence-corrected chi connectivity index (χ4v) is 0.793. The van der Waals surface area contributed by atoms with E-state index in [9.17, 15) is 9.59 Å². The van der Waals surface area contributed by atoms with Crippen LogP contribution in [0, 0.1) is 11.8 Å². The average Bonchev–Trinajstić information content (AvgIpc) is 2.07. The Hall–Kier alpha value is -2.02. The highest BCUT2D eigenvalue weighted by Gasteiger charge is 1.91. The van der Waals surface area contributed by atoms with Gasteiger partial charge < -0.3 is 9.67 Å². The molecule has 66 valence electrons. The Bertz CT molecular complexity index is 448. The minimum absolute atomic E-state index is 0.152. The van der Waals surface area contributed by atoms with E-state index < -0.39 is 5.97 Å². The van der Waals surface area contributed by atoms with E-state index in [0.29, 0.717) is 5.56 Å². The van der Waals surface area contributed by atoms with Crippen molar-refractivity contribution in [2.45, 2.75) is 0 Å². The Morgan fingerprint density at radius 2 is 2.23 bits per heavy atom. The SMILES string of the molecule is Cn1cc(C#CC(=O)O)ccc1=O. The molecule has 0 saturated heterocycles. The number of aliphatic carboxylic acids is 1. The summed E-state index contributed by atoms with van der Waals surface area (Å²) >= 11 is 0. The third kappa shape index (κ3) is 2.49. The molecule has 4 nitrogen and oxygen atoms in total. The highest BCUT2D eigenvalue weighted by Crippen LogP contribution is 1.90. The van der Waals surface area contributed by atoms with Gasteiger partial charge in [-0.15, -0.1) is 0 Å². The zero-order chi connectivity index (χ0) is 9.84. The van der Waals surface area contributed by atoms with Crippen LogP contribution in [0.25, 0.3) is 0 Å². The summed E-state index contributed by atoms with van der Waals surface area (Å²) in [7, 11) is 1.58. The van der Waals surface area contributed by atoms with Gasteiger partial charge in [-0.05, 0) is 6.07 Å². The van der Waals surface area contributed by atoms with E-state index in [-0.39, 0.29) is 5.56 Å². The number of hydrogen-bond donors (Lipinski definition) is 1. The highest BCUT2D eigenvalue weighted by molar-refractivity contribution is 5.87. The normalized spacial score (nSPS) is 8.69. The number of carboxylic acid groups (broad SMARTS) is 1. The molecule has 0 amide bonds. The molecule has 1 aromatic rings. The van der Waals surface area contributed by atoms with Gasteiger partial charge in [-0.3, -0.25) is 4.79 Å². The summed E-state index contributed by atoms with van der Waals surface area (Å²) in [6.07, 6.45) is 1.48. The van der Waals surface area contributed by atoms with Crippen LogP contribution in [-0.2, 0) is 11.8 Å². The van der Waals surface area contributed by atoms with E-state index in [4.69, 9.17) is 5.11 Å². The summed E-state index contributed by atoms with van der Waals surface area (Å²) in [6.45, 7) is 0. The predicted molar refractivity (Wildman–Crippen MR) is 46.2 cm³/mol. The van der Waals surface area contributed by atoms with Gasteiger partial charge in [0, 0.05) is 30.8 Å². The molecule has 0 spiro atoms. The van der Waals surface area contributed by atoms with Gasteiger partial charge in [-0.1, -0.05) is 5.92 Å². The molecule has 0 bridgehead atoms. The lowest BCUT2D eigenvalue weighted by Gasteiger charge is -1.94. The molecule has 0 saturated carbocycles. The largest absolute Gasteiger partial charge is 0.472 e. The predicted octanol–water partition coefficient (Wildman–Crippen LogP) is -0.179. The summed E-state index contributed by atoms with van der Waals surface area (Å²) in [6, 6.07) is 2.82. The van der Waals surface area contributed by atoms with Crippen molar-refractivity contribution < 1.29 is 9.90 Å². The van der Waals surface area contributed by atoms with Crippen molar-refractivity contribution >= 4 is 5.97 Å². The van der Waals surface area contributed by atoms with Crippen LogP contribution in [0.4, 0.5) is 0 Å². The van der Waals surface area contributed by atoms with Crippen LogP contribution in [0.5, 0.6) is 0 Å². The van der Waals surface area contributed by atoms with Gasteiger partial charge >= 0.3 is 5.97 Å².